The van der Waals surface area contributed by atoms with Crippen molar-refractivity contribution in [2.45, 2.75) is 12.5 Å². The Kier molecular flexibility index (Phi) is 4.03. The van der Waals surface area contributed by atoms with E-state index in [1.807, 2.05) is 0 Å². The van der Waals surface area contributed by atoms with Gasteiger partial charge in [-0.25, -0.2) is 22.9 Å². The van der Waals surface area contributed by atoms with Gasteiger partial charge in [0.2, 0.25) is 0 Å². The number of urea groups is 1. The molecule has 9 heteroatoms. The number of nitrogens with zero attached hydrogens (tertiary/aromatic N) is 4. The molecular formula is C14H17N5O3S. The van der Waals surface area contributed by atoms with E-state index in [0.717, 1.165) is 0 Å². The summed E-state index contributed by atoms with van der Waals surface area (Å²) >= 11 is 0. The smallest absolute Gasteiger partial charge is 0.321 e. The highest BCUT2D eigenvalue weighted by Crippen LogP contribution is 2.20. The second-order valence-electron chi connectivity index (χ2n) is 5.42. The highest BCUT2D eigenvalue weighted by molar-refractivity contribution is 7.91. The molecule has 1 aliphatic rings. The minimum absolute atomic E-state index is 0.00989. The topological polar surface area (TPSA) is 97.2 Å². The van der Waals surface area contributed by atoms with Crippen molar-refractivity contribution in [1.82, 2.24) is 19.7 Å². The number of nitrogens with one attached hydrogen (secondary N) is 1. The summed E-state index contributed by atoms with van der Waals surface area (Å²) in [6.07, 6.45) is 5.42. The Balaban J connectivity index is 1.76. The van der Waals surface area contributed by atoms with Gasteiger partial charge in [-0.2, -0.15) is 5.10 Å². The van der Waals surface area contributed by atoms with Crippen molar-refractivity contribution < 1.29 is 13.2 Å². The number of pyridine rings is 1. The van der Waals surface area contributed by atoms with E-state index in [0.29, 0.717) is 17.9 Å². The first-order valence-corrected chi connectivity index (χ1v) is 8.98. The third-order valence-corrected chi connectivity index (χ3v) is 5.58. The van der Waals surface area contributed by atoms with Gasteiger partial charge in [0.15, 0.2) is 15.7 Å². The predicted octanol–water partition coefficient (Wildman–Crippen LogP) is 0.918. The molecular weight excluding hydrogens is 318 g/mol. The monoisotopic (exact) mass is 335 g/mol. The molecule has 1 saturated heterocycles. The lowest BCUT2D eigenvalue weighted by Gasteiger charge is -2.24. The summed E-state index contributed by atoms with van der Waals surface area (Å²) < 4.78 is 24.7. The molecule has 3 heterocycles. The van der Waals surface area contributed by atoms with Crippen molar-refractivity contribution in [2.75, 3.05) is 23.9 Å². The van der Waals surface area contributed by atoms with E-state index in [1.54, 1.807) is 48.5 Å². The number of rotatable bonds is 3. The van der Waals surface area contributed by atoms with Crippen LogP contribution in [0.25, 0.3) is 5.82 Å². The average Bonchev–Trinajstić information content (AvgIpc) is 3.16. The number of aromatic nitrogens is 3. The Labute approximate surface area is 134 Å². The maximum absolute atomic E-state index is 12.4. The zero-order valence-electron chi connectivity index (χ0n) is 12.6. The van der Waals surface area contributed by atoms with Gasteiger partial charge in [-0.15, -0.1) is 0 Å². The fourth-order valence-corrected chi connectivity index (χ4v) is 4.30. The summed E-state index contributed by atoms with van der Waals surface area (Å²) in [5.74, 6) is 0.634. The minimum atomic E-state index is -3.04. The molecule has 8 nitrogen and oxygen atoms in total. The molecule has 1 aliphatic heterocycles. The summed E-state index contributed by atoms with van der Waals surface area (Å²) in [7, 11) is -1.44. The van der Waals surface area contributed by atoms with Gasteiger partial charge in [0.05, 0.1) is 17.2 Å². The number of carbonyl (C=O) groups is 1. The zero-order valence-corrected chi connectivity index (χ0v) is 13.4. The molecule has 0 radical (unpaired) electrons. The zero-order chi connectivity index (χ0) is 16.4. The highest BCUT2D eigenvalue weighted by atomic mass is 32.2. The van der Waals surface area contributed by atoms with E-state index in [2.05, 4.69) is 15.4 Å². The van der Waals surface area contributed by atoms with Crippen molar-refractivity contribution in [2.24, 2.45) is 0 Å². The van der Waals surface area contributed by atoms with Crippen molar-refractivity contribution in [3.05, 3.63) is 36.8 Å². The largest absolute Gasteiger partial charge is 0.324 e. The first-order valence-electron chi connectivity index (χ1n) is 7.15. The van der Waals surface area contributed by atoms with Crippen LogP contribution in [0.3, 0.4) is 0 Å². The van der Waals surface area contributed by atoms with Gasteiger partial charge in [0.1, 0.15) is 0 Å². The number of anilines is 1. The molecule has 1 N–H and O–H groups in total. The molecule has 0 bridgehead atoms. The second kappa shape index (κ2) is 5.99. The van der Waals surface area contributed by atoms with Crippen LogP contribution >= 0.6 is 0 Å². The first kappa shape index (κ1) is 15.5. The predicted molar refractivity (Wildman–Crippen MR) is 85.2 cm³/mol. The first-order chi connectivity index (χ1) is 11.0. The fourth-order valence-electron chi connectivity index (χ4n) is 2.52. The number of sulfone groups is 1. The van der Waals surface area contributed by atoms with Gasteiger partial charge < -0.3 is 10.2 Å². The summed E-state index contributed by atoms with van der Waals surface area (Å²) in [5.41, 5.74) is 0.508. The average molecular weight is 335 g/mol. The van der Waals surface area contributed by atoms with Crippen LogP contribution in [-0.2, 0) is 9.84 Å². The molecule has 3 rings (SSSR count). The normalized spacial score (nSPS) is 19.4. The summed E-state index contributed by atoms with van der Waals surface area (Å²) in [6, 6.07) is 4.53. The molecule has 122 valence electrons. The van der Waals surface area contributed by atoms with Gasteiger partial charge in [-0.3, -0.25) is 0 Å². The Morgan fingerprint density at radius 2 is 2.22 bits per heavy atom. The van der Waals surface area contributed by atoms with Crippen LogP contribution in [0.15, 0.2) is 36.8 Å². The Morgan fingerprint density at radius 1 is 1.39 bits per heavy atom. The molecule has 2 amide bonds. The number of hydrogen-bond acceptors (Lipinski definition) is 5. The maximum Gasteiger partial charge on any atom is 0.321 e. The van der Waals surface area contributed by atoms with Crippen LogP contribution in [0, 0.1) is 0 Å². The van der Waals surface area contributed by atoms with Crippen LogP contribution in [0.5, 0.6) is 0 Å². The van der Waals surface area contributed by atoms with Gasteiger partial charge in [-0.05, 0) is 24.6 Å². The Morgan fingerprint density at radius 3 is 2.87 bits per heavy atom. The molecule has 0 aromatic carbocycles. The molecule has 0 unspecified atom stereocenters. The summed E-state index contributed by atoms with van der Waals surface area (Å²) in [5, 5.41) is 6.88. The van der Waals surface area contributed by atoms with E-state index >= 15 is 0 Å². The fraction of sp³-hybridized carbons (Fsp3) is 0.357. The molecule has 2 aromatic heterocycles. The summed E-state index contributed by atoms with van der Waals surface area (Å²) in [4.78, 5) is 18.1. The number of carbonyl (C=O) groups excluding carboxylic acids is 1. The van der Waals surface area contributed by atoms with Gasteiger partial charge in [0, 0.05) is 31.7 Å². The van der Waals surface area contributed by atoms with Crippen LogP contribution in [0.2, 0.25) is 0 Å². The minimum Gasteiger partial charge on any atom is -0.324 e. The molecule has 0 aliphatic carbocycles. The third kappa shape index (κ3) is 3.34. The van der Waals surface area contributed by atoms with Crippen molar-refractivity contribution in [1.29, 1.82) is 0 Å². The molecule has 1 atom stereocenters. The van der Waals surface area contributed by atoms with Gasteiger partial charge in [-0.1, -0.05) is 0 Å². The van der Waals surface area contributed by atoms with E-state index in [9.17, 15) is 13.2 Å². The summed E-state index contributed by atoms with van der Waals surface area (Å²) in [6.45, 7) is 0. The van der Waals surface area contributed by atoms with Gasteiger partial charge in [0.25, 0.3) is 0 Å². The molecule has 1 fully saturated rings. The Hall–Kier alpha value is -2.42. The number of amides is 2. The second-order valence-corrected chi connectivity index (χ2v) is 7.65. The quantitative estimate of drug-likeness (QED) is 0.899. The molecule has 0 saturated carbocycles. The lowest BCUT2D eigenvalue weighted by molar-refractivity contribution is 0.209. The SMILES string of the molecule is CN(C(=O)Nc1cccnc1-n1cccn1)[C@H]1CCS(=O)(=O)C1. The third-order valence-electron chi connectivity index (χ3n) is 3.83. The van der Waals surface area contributed by atoms with Crippen molar-refractivity contribution in [3.8, 4) is 5.82 Å². The van der Waals surface area contributed by atoms with Crippen LogP contribution in [0.4, 0.5) is 10.5 Å². The van der Waals surface area contributed by atoms with E-state index in [1.165, 1.54) is 4.90 Å². The molecule has 23 heavy (non-hydrogen) atoms. The van der Waals surface area contributed by atoms with E-state index < -0.39 is 9.84 Å². The van der Waals surface area contributed by atoms with Crippen LogP contribution in [-0.4, -0.2) is 58.7 Å². The van der Waals surface area contributed by atoms with Crippen LogP contribution in [0.1, 0.15) is 6.42 Å². The Bertz CT molecular complexity index is 804. The lowest BCUT2D eigenvalue weighted by atomic mass is 10.2. The standard InChI is InChI=1S/C14H17N5O3S/c1-18(11-5-9-23(21,22)10-11)14(20)17-12-4-2-6-15-13(12)19-8-3-7-16-19/h2-4,6-8,11H,5,9-10H2,1H3,(H,17,20)/t11-/m0/s1. The maximum atomic E-state index is 12.4. The molecule has 2 aromatic rings. The van der Waals surface area contributed by atoms with Gasteiger partial charge >= 0.3 is 6.03 Å². The molecule has 0 spiro atoms. The number of hydrogen-bond donors (Lipinski definition) is 1. The van der Waals surface area contributed by atoms with Crippen LogP contribution < -0.4 is 5.32 Å². The highest BCUT2D eigenvalue weighted by Gasteiger charge is 2.32. The van der Waals surface area contributed by atoms with E-state index in [4.69, 9.17) is 0 Å². The van der Waals surface area contributed by atoms with E-state index in [-0.39, 0.29) is 23.6 Å². The van der Waals surface area contributed by atoms with Crippen molar-refractivity contribution >= 4 is 21.6 Å². The lowest BCUT2D eigenvalue weighted by Crippen LogP contribution is -2.40. The van der Waals surface area contributed by atoms with Crippen molar-refractivity contribution in [3.63, 3.8) is 0 Å².